The highest BCUT2D eigenvalue weighted by molar-refractivity contribution is 7.80. The molecule has 26 heavy (non-hydrogen) atoms. The third kappa shape index (κ3) is 4.11. The van der Waals surface area contributed by atoms with Gasteiger partial charge < -0.3 is 4.74 Å². The molecule has 0 saturated carbocycles. The minimum absolute atomic E-state index is 0.240. The summed E-state index contributed by atoms with van der Waals surface area (Å²) in [7, 11) is 0. The fourth-order valence-electron chi connectivity index (χ4n) is 2.71. The molecule has 0 saturated heterocycles. The number of fused-ring (bicyclic) bond motifs is 1. The first kappa shape index (κ1) is 18.1. The van der Waals surface area contributed by atoms with E-state index in [0.29, 0.717) is 17.2 Å². The summed E-state index contributed by atoms with van der Waals surface area (Å²) in [5.41, 5.74) is 3.56. The number of thiol groups is 1. The molecule has 0 amide bonds. The van der Waals surface area contributed by atoms with E-state index in [1.807, 2.05) is 56.3 Å². The van der Waals surface area contributed by atoms with E-state index < -0.39 is 0 Å². The number of carbonyl (C=O) groups excluding carboxylic acids is 1. The van der Waals surface area contributed by atoms with E-state index >= 15 is 0 Å². The summed E-state index contributed by atoms with van der Waals surface area (Å²) >= 11 is 4.08. The molecule has 3 rings (SSSR count). The van der Waals surface area contributed by atoms with Crippen LogP contribution in [0.1, 0.15) is 17.5 Å². The molecule has 0 aromatic heterocycles. The molecule has 0 bridgehead atoms. The first-order chi connectivity index (χ1) is 12.6. The molecule has 0 N–H and O–H groups in total. The van der Waals surface area contributed by atoms with Gasteiger partial charge in [0, 0.05) is 11.1 Å². The van der Waals surface area contributed by atoms with Gasteiger partial charge in [-0.2, -0.15) is 17.7 Å². The van der Waals surface area contributed by atoms with Crippen LogP contribution in [0.5, 0.6) is 5.75 Å². The van der Waals surface area contributed by atoms with Gasteiger partial charge in [-0.3, -0.25) is 4.79 Å². The molecule has 0 heterocycles. The molecule has 0 atom stereocenters. The van der Waals surface area contributed by atoms with E-state index in [9.17, 15) is 4.79 Å². The molecule has 0 aliphatic heterocycles. The number of hydrogen-bond acceptors (Lipinski definition) is 5. The van der Waals surface area contributed by atoms with Crippen molar-refractivity contribution in [2.45, 2.75) is 20.3 Å². The quantitative estimate of drug-likeness (QED) is 0.257. The minimum Gasteiger partial charge on any atom is -0.424 e. The van der Waals surface area contributed by atoms with Crippen LogP contribution in [0.3, 0.4) is 0 Å². The van der Waals surface area contributed by atoms with Crippen molar-refractivity contribution in [1.82, 2.24) is 0 Å². The molecular formula is C21H20N2O2S. The van der Waals surface area contributed by atoms with Crippen LogP contribution < -0.4 is 4.74 Å². The molecule has 132 valence electrons. The normalized spacial score (nSPS) is 11.2. The van der Waals surface area contributed by atoms with E-state index in [1.54, 1.807) is 6.07 Å². The van der Waals surface area contributed by atoms with Crippen molar-refractivity contribution in [3.8, 4) is 5.75 Å². The van der Waals surface area contributed by atoms with E-state index in [4.69, 9.17) is 4.74 Å². The first-order valence-electron chi connectivity index (χ1n) is 8.41. The fraction of sp³-hybridized carbons (Fsp3) is 0.190. The predicted octanol–water partition coefficient (Wildman–Crippen LogP) is 6.10. The maximum Gasteiger partial charge on any atom is 0.312 e. The number of benzene rings is 3. The van der Waals surface area contributed by atoms with Crippen molar-refractivity contribution in [3.05, 3.63) is 65.7 Å². The van der Waals surface area contributed by atoms with Crippen molar-refractivity contribution in [2.75, 3.05) is 5.75 Å². The van der Waals surface area contributed by atoms with Crippen molar-refractivity contribution in [3.63, 3.8) is 0 Å². The maximum absolute atomic E-state index is 11.9. The topological polar surface area (TPSA) is 51.0 Å². The molecule has 5 heteroatoms. The van der Waals surface area contributed by atoms with E-state index in [1.165, 1.54) is 5.56 Å². The van der Waals surface area contributed by atoms with Crippen molar-refractivity contribution in [2.24, 2.45) is 10.2 Å². The standard InChI is InChI=1S/C21H20N2O2S/c1-14-7-9-18(15(2)13-14)22-23-21-17-6-4-3-5-16(17)8-10-19(21)25-20(24)11-12-26/h3-10,13,26H,11-12H2,1-2H3/b23-22+. The van der Waals surface area contributed by atoms with Gasteiger partial charge in [0.25, 0.3) is 0 Å². The largest absolute Gasteiger partial charge is 0.424 e. The molecule has 0 aliphatic rings. The van der Waals surface area contributed by atoms with E-state index in [2.05, 4.69) is 28.9 Å². The van der Waals surface area contributed by atoms with Crippen molar-refractivity contribution in [1.29, 1.82) is 0 Å². The zero-order valence-electron chi connectivity index (χ0n) is 14.8. The Bertz CT molecular complexity index is 983. The Hall–Kier alpha value is -2.66. The summed E-state index contributed by atoms with van der Waals surface area (Å²) in [5.74, 6) is 0.508. The average Bonchev–Trinajstić information content (AvgIpc) is 2.62. The van der Waals surface area contributed by atoms with Gasteiger partial charge in [-0.05, 0) is 36.9 Å². The van der Waals surface area contributed by atoms with Crippen LogP contribution in [0, 0.1) is 13.8 Å². The monoisotopic (exact) mass is 364 g/mol. The molecule has 0 radical (unpaired) electrons. The van der Waals surface area contributed by atoms with Crippen LogP contribution in [-0.2, 0) is 4.79 Å². The number of hydrogen-bond donors (Lipinski definition) is 1. The molecule has 0 aliphatic carbocycles. The van der Waals surface area contributed by atoms with Crippen LogP contribution in [0.4, 0.5) is 11.4 Å². The summed E-state index contributed by atoms with van der Waals surface area (Å²) in [4.78, 5) is 11.9. The number of aryl methyl sites for hydroxylation is 2. The lowest BCUT2D eigenvalue weighted by Gasteiger charge is -2.09. The molecular weight excluding hydrogens is 344 g/mol. The van der Waals surface area contributed by atoms with Crippen LogP contribution in [0.25, 0.3) is 10.8 Å². The second kappa shape index (κ2) is 8.15. The SMILES string of the molecule is Cc1ccc(/N=N/c2c(OC(=O)CCS)ccc3ccccc23)c(C)c1. The lowest BCUT2D eigenvalue weighted by atomic mass is 10.1. The summed E-state index contributed by atoms with van der Waals surface area (Å²) < 4.78 is 5.49. The lowest BCUT2D eigenvalue weighted by Crippen LogP contribution is -2.08. The Morgan fingerprint density at radius 1 is 1.04 bits per heavy atom. The Kier molecular flexibility index (Phi) is 5.68. The molecule has 0 spiro atoms. The molecule has 3 aromatic carbocycles. The third-order valence-corrected chi connectivity index (χ3v) is 4.24. The van der Waals surface area contributed by atoms with Gasteiger partial charge in [0.15, 0.2) is 5.75 Å². The van der Waals surface area contributed by atoms with Crippen LogP contribution >= 0.6 is 12.6 Å². The maximum atomic E-state index is 11.9. The number of rotatable bonds is 5. The number of nitrogens with zero attached hydrogens (tertiary/aromatic N) is 2. The van der Waals surface area contributed by atoms with Crippen LogP contribution in [-0.4, -0.2) is 11.7 Å². The smallest absolute Gasteiger partial charge is 0.312 e. The third-order valence-electron chi connectivity index (χ3n) is 4.01. The highest BCUT2D eigenvalue weighted by atomic mass is 32.1. The van der Waals surface area contributed by atoms with Gasteiger partial charge in [-0.15, -0.1) is 5.11 Å². The second-order valence-electron chi connectivity index (χ2n) is 6.07. The van der Waals surface area contributed by atoms with Gasteiger partial charge >= 0.3 is 5.97 Å². The van der Waals surface area contributed by atoms with Gasteiger partial charge in [-0.1, -0.05) is 48.0 Å². The molecule has 0 unspecified atom stereocenters. The summed E-state index contributed by atoms with van der Waals surface area (Å²) in [6, 6.07) is 17.5. The first-order valence-corrected chi connectivity index (χ1v) is 9.04. The number of carbonyl (C=O) groups is 1. The predicted molar refractivity (Wildman–Crippen MR) is 108 cm³/mol. The molecule has 3 aromatic rings. The highest BCUT2D eigenvalue weighted by Gasteiger charge is 2.12. The van der Waals surface area contributed by atoms with E-state index in [-0.39, 0.29) is 12.4 Å². The van der Waals surface area contributed by atoms with E-state index in [0.717, 1.165) is 22.0 Å². The molecule has 0 fully saturated rings. The van der Waals surface area contributed by atoms with Crippen molar-refractivity contribution < 1.29 is 9.53 Å². The Balaban J connectivity index is 2.06. The van der Waals surface area contributed by atoms with Gasteiger partial charge in [-0.25, -0.2) is 0 Å². The number of esters is 1. The molecule has 4 nitrogen and oxygen atoms in total. The highest BCUT2D eigenvalue weighted by Crippen LogP contribution is 2.37. The minimum atomic E-state index is -0.335. The summed E-state index contributed by atoms with van der Waals surface area (Å²) in [6.45, 7) is 4.04. The zero-order valence-corrected chi connectivity index (χ0v) is 15.7. The zero-order chi connectivity index (χ0) is 18.5. The van der Waals surface area contributed by atoms with Crippen LogP contribution in [0.2, 0.25) is 0 Å². The average molecular weight is 364 g/mol. The Morgan fingerprint density at radius 3 is 2.62 bits per heavy atom. The Labute approximate surface area is 158 Å². The number of ether oxygens (including phenoxy) is 1. The van der Waals surface area contributed by atoms with Gasteiger partial charge in [0.05, 0.1) is 12.1 Å². The van der Waals surface area contributed by atoms with Gasteiger partial charge in [0.1, 0.15) is 5.69 Å². The summed E-state index contributed by atoms with van der Waals surface area (Å²) in [5, 5.41) is 10.7. The number of azo groups is 1. The van der Waals surface area contributed by atoms with Crippen molar-refractivity contribution >= 4 is 40.7 Å². The summed E-state index contributed by atoms with van der Waals surface area (Å²) in [6.07, 6.45) is 0.240. The fourth-order valence-corrected chi connectivity index (χ4v) is 2.89. The van der Waals surface area contributed by atoms with Crippen LogP contribution in [0.15, 0.2) is 64.8 Å². The second-order valence-corrected chi connectivity index (χ2v) is 6.52. The lowest BCUT2D eigenvalue weighted by molar-refractivity contribution is -0.133. The van der Waals surface area contributed by atoms with Gasteiger partial charge in [0.2, 0.25) is 0 Å². The Morgan fingerprint density at radius 2 is 1.85 bits per heavy atom.